The number of benzene rings is 2. The predicted octanol–water partition coefficient (Wildman–Crippen LogP) is 3.22. The number of likely N-dealkylation sites (N-methyl/N-ethyl adjacent to an activating group) is 1. The van der Waals surface area contributed by atoms with Gasteiger partial charge in [0.05, 0.1) is 11.7 Å². The molecular weight excluding hydrogens is 265 g/mol. The van der Waals surface area contributed by atoms with Crippen molar-refractivity contribution in [1.82, 2.24) is 15.1 Å². The topological polar surface area (TPSA) is 31.9 Å². The number of alkyl halides is 1. The number of fused-ring (bicyclic) bond motifs is 2. The Hall–Kier alpha value is -2.20. The van der Waals surface area contributed by atoms with E-state index in [4.69, 9.17) is 0 Å². The predicted molar refractivity (Wildman–Crippen MR) is 80.8 cm³/mol. The molecule has 3 aromatic rings. The van der Waals surface area contributed by atoms with E-state index in [2.05, 4.69) is 10.2 Å². The summed E-state index contributed by atoms with van der Waals surface area (Å²) in [7, 11) is 1.96. The molecule has 2 aromatic carbocycles. The lowest BCUT2D eigenvalue weighted by molar-refractivity contribution is 0.121. The van der Waals surface area contributed by atoms with Crippen LogP contribution in [0.15, 0.2) is 48.7 Å². The summed E-state index contributed by atoms with van der Waals surface area (Å²) < 4.78 is 15.9. The molecule has 1 aliphatic heterocycles. The van der Waals surface area contributed by atoms with Gasteiger partial charge in [0.15, 0.2) is 5.67 Å². The van der Waals surface area contributed by atoms with Crippen LogP contribution in [0.4, 0.5) is 4.39 Å². The van der Waals surface area contributed by atoms with Crippen LogP contribution in [0.2, 0.25) is 0 Å². The zero-order valence-corrected chi connectivity index (χ0v) is 11.8. The van der Waals surface area contributed by atoms with Crippen LogP contribution in [-0.2, 0) is 12.2 Å². The van der Waals surface area contributed by atoms with E-state index in [0.29, 0.717) is 12.1 Å². The van der Waals surface area contributed by atoms with Gasteiger partial charge in [0.25, 0.3) is 0 Å². The van der Waals surface area contributed by atoms with Crippen molar-refractivity contribution >= 4 is 10.9 Å². The van der Waals surface area contributed by atoms with Crippen molar-refractivity contribution in [1.29, 1.82) is 0 Å². The van der Waals surface area contributed by atoms with E-state index in [1.807, 2.05) is 54.4 Å². The third kappa shape index (κ3) is 1.87. The fourth-order valence-corrected chi connectivity index (χ4v) is 3.28. The Balaban J connectivity index is 1.92. The highest BCUT2D eigenvalue weighted by Gasteiger charge is 2.40. The molecule has 0 amide bonds. The lowest BCUT2D eigenvalue weighted by Gasteiger charge is -2.37. The molecule has 4 rings (SSSR count). The van der Waals surface area contributed by atoms with Crippen molar-refractivity contribution in [3.05, 3.63) is 65.4 Å². The van der Waals surface area contributed by atoms with E-state index in [1.165, 1.54) is 0 Å². The van der Waals surface area contributed by atoms with Crippen LogP contribution in [-0.4, -0.2) is 28.7 Å². The lowest BCUT2D eigenvalue weighted by atomic mass is 9.82. The maximum absolute atomic E-state index is 15.9. The van der Waals surface area contributed by atoms with Crippen molar-refractivity contribution in [2.45, 2.75) is 12.2 Å². The summed E-state index contributed by atoms with van der Waals surface area (Å²) in [5, 5.41) is 7.86. The largest absolute Gasteiger partial charge is 0.298 e. The molecule has 0 spiro atoms. The number of halogens is 1. The van der Waals surface area contributed by atoms with E-state index >= 15 is 4.39 Å². The molecule has 21 heavy (non-hydrogen) atoms. The molecule has 0 bridgehead atoms. The lowest BCUT2D eigenvalue weighted by Crippen LogP contribution is -2.41. The first-order valence-electron chi connectivity index (χ1n) is 7.06. The highest BCUT2D eigenvalue weighted by Crippen LogP contribution is 2.40. The monoisotopic (exact) mass is 281 g/mol. The summed E-state index contributed by atoms with van der Waals surface area (Å²) in [5.41, 5.74) is 1.98. The molecule has 1 unspecified atom stereocenters. The van der Waals surface area contributed by atoms with Crippen molar-refractivity contribution in [2.75, 3.05) is 13.6 Å². The first-order valence-corrected chi connectivity index (χ1v) is 7.06. The smallest absolute Gasteiger partial charge is 0.173 e. The SMILES string of the molecule is CN1Cc2ccccc2C(F)(c2ccc3[nH]ncc3c2)C1. The summed E-state index contributed by atoms with van der Waals surface area (Å²) in [6, 6.07) is 13.4. The standard InChI is InChI=1S/C17H16FN3/c1-21-10-12-4-2-3-5-15(12)17(18,11-21)14-6-7-16-13(8-14)9-19-20-16/h2-9H,10-11H2,1H3,(H,19,20). The number of nitrogens with one attached hydrogen (secondary N) is 1. The van der Waals surface area contributed by atoms with Gasteiger partial charge in [0.1, 0.15) is 0 Å². The second-order valence-electron chi connectivity index (χ2n) is 5.80. The van der Waals surface area contributed by atoms with Crippen LogP contribution in [0.5, 0.6) is 0 Å². The number of aromatic nitrogens is 2. The molecule has 0 saturated heterocycles. The molecule has 0 fully saturated rings. The first kappa shape index (κ1) is 12.5. The normalized spacial score (nSPS) is 22.4. The second-order valence-corrected chi connectivity index (χ2v) is 5.80. The quantitative estimate of drug-likeness (QED) is 0.742. The van der Waals surface area contributed by atoms with Gasteiger partial charge in [0.2, 0.25) is 0 Å². The molecule has 0 saturated carbocycles. The molecule has 0 radical (unpaired) electrons. The van der Waals surface area contributed by atoms with Crippen LogP contribution < -0.4 is 0 Å². The molecular formula is C17H16FN3. The van der Waals surface area contributed by atoms with E-state index in [0.717, 1.165) is 28.6 Å². The van der Waals surface area contributed by atoms with E-state index in [9.17, 15) is 0 Å². The van der Waals surface area contributed by atoms with Crippen LogP contribution in [0, 0.1) is 0 Å². The summed E-state index contributed by atoms with van der Waals surface area (Å²) >= 11 is 0. The van der Waals surface area contributed by atoms with Gasteiger partial charge in [-0.3, -0.25) is 10.00 Å². The number of aromatic amines is 1. The Morgan fingerprint density at radius 1 is 1.24 bits per heavy atom. The molecule has 1 atom stereocenters. The Labute approximate surface area is 122 Å². The number of hydrogen-bond donors (Lipinski definition) is 1. The zero-order valence-electron chi connectivity index (χ0n) is 11.8. The molecule has 106 valence electrons. The first-order chi connectivity index (χ1) is 10.2. The third-order valence-electron chi connectivity index (χ3n) is 4.27. The highest BCUT2D eigenvalue weighted by atomic mass is 19.1. The highest BCUT2D eigenvalue weighted by molar-refractivity contribution is 5.79. The van der Waals surface area contributed by atoms with Crippen molar-refractivity contribution in [2.24, 2.45) is 0 Å². The minimum atomic E-state index is -1.48. The van der Waals surface area contributed by atoms with Gasteiger partial charge in [-0.1, -0.05) is 30.3 Å². The molecule has 3 nitrogen and oxygen atoms in total. The maximum Gasteiger partial charge on any atom is 0.173 e. The Morgan fingerprint density at radius 3 is 3.00 bits per heavy atom. The molecule has 1 aromatic heterocycles. The average Bonchev–Trinajstić information content (AvgIpc) is 2.94. The van der Waals surface area contributed by atoms with Crippen molar-refractivity contribution in [3.8, 4) is 0 Å². The summed E-state index contributed by atoms with van der Waals surface area (Å²) in [4.78, 5) is 2.03. The van der Waals surface area contributed by atoms with E-state index in [1.54, 1.807) is 6.20 Å². The average molecular weight is 281 g/mol. The number of rotatable bonds is 1. The Bertz CT molecular complexity index is 810. The minimum Gasteiger partial charge on any atom is -0.298 e. The summed E-state index contributed by atoms with van der Waals surface area (Å²) in [6.07, 6.45) is 1.74. The summed E-state index contributed by atoms with van der Waals surface area (Å²) in [6.45, 7) is 1.16. The Kier molecular flexibility index (Phi) is 2.62. The van der Waals surface area contributed by atoms with Crippen molar-refractivity contribution in [3.63, 3.8) is 0 Å². The fraction of sp³-hybridized carbons (Fsp3) is 0.235. The Morgan fingerprint density at radius 2 is 2.10 bits per heavy atom. The number of hydrogen-bond acceptors (Lipinski definition) is 2. The van der Waals surface area contributed by atoms with E-state index < -0.39 is 5.67 Å². The van der Waals surface area contributed by atoms with Gasteiger partial charge >= 0.3 is 0 Å². The molecule has 4 heteroatoms. The van der Waals surface area contributed by atoms with Gasteiger partial charge in [-0.15, -0.1) is 0 Å². The van der Waals surface area contributed by atoms with Crippen molar-refractivity contribution < 1.29 is 4.39 Å². The van der Waals surface area contributed by atoms with Crippen LogP contribution >= 0.6 is 0 Å². The van der Waals surface area contributed by atoms with Gasteiger partial charge in [-0.2, -0.15) is 5.10 Å². The fourth-order valence-electron chi connectivity index (χ4n) is 3.28. The van der Waals surface area contributed by atoms with Crippen LogP contribution in [0.25, 0.3) is 10.9 Å². The van der Waals surface area contributed by atoms with Crippen LogP contribution in [0.3, 0.4) is 0 Å². The zero-order chi connectivity index (χ0) is 14.4. The third-order valence-corrected chi connectivity index (χ3v) is 4.27. The summed E-state index contributed by atoms with van der Waals surface area (Å²) in [5.74, 6) is 0. The minimum absolute atomic E-state index is 0.368. The molecule has 0 aliphatic carbocycles. The van der Waals surface area contributed by atoms with Gasteiger partial charge in [-0.25, -0.2) is 4.39 Å². The van der Waals surface area contributed by atoms with Gasteiger partial charge in [-0.05, 0) is 35.9 Å². The maximum atomic E-state index is 15.9. The second kappa shape index (κ2) is 4.40. The van der Waals surface area contributed by atoms with Gasteiger partial charge < -0.3 is 0 Å². The molecule has 1 N–H and O–H groups in total. The molecule has 2 heterocycles. The van der Waals surface area contributed by atoms with E-state index in [-0.39, 0.29) is 0 Å². The number of H-pyrrole nitrogens is 1. The number of nitrogens with zero attached hydrogens (tertiary/aromatic N) is 2. The van der Waals surface area contributed by atoms with Crippen LogP contribution in [0.1, 0.15) is 16.7 Å². The molecule has 1 aliphatic rings. The van der Waals surface area contributed by atoms with Gasteiger partial charge in [0, 0.05) is 18.5 Å².